The molecule has 4 heteroatoms. The molecule has 1 N–H and O–H groups in total. The lowest BCUT2D eigenvalue weighted by Gasteiger charge is -2.28. The lowest BCUT2D eigenvalue weighted by molar-refractivity contribution is 0.0127. The smallest absolute Gasteiger partial charge is 0.146 e. The number of hydrogen-bond donors (Lipinski definition) is 1. The van der Waals surface area contributed by atoms with Crippen molar-refractivity contribution in [3.63, 3.8) is 0 Å². The standard InChI is InChI=1S/C14H17BrF2O/c1-9-3-2-7-14(18,8-6-9)12-11(16)5-4-10(15)13(12)17/h4-5,9,18H,2-3,6-8H2,1H3. The van der Waals surface area contributed by atoms with E-state index in [-0.39, 0.29) is 10.0 Å². The SMILES string of the molecule is CC1CCCC(O)(c2c(F)ccc(Br)c2F)CC1. The van der Waals surface area contributed by atoms with Gasteiger partial charge in [0.1, 0.15) is 11.6 Å². The second-order valence-corrected chi connectivity index (χ2v) is 6.14. The van der Waals surface area contributed by atoms with Gasteiger partial charge in [-0.25, -0.2) is 8.78 Å². The fourth-order valence-corrected chi connectivity index (χ4v) is 3.03. The van der Waals surface area contributed by atoms with Crippen LogP contribution in [0.2, 0.25) is 0 Å². The van der Waals surface area contributed by atoms with Crippen molar-refractivity contribution >= 4 is 15.9 Å². The highest BCUT2D eigenvalue weighted by atomic mass is 79.9. The molecule has 1 fully saturated rings. The molecule has 2 unspecified atom stereocenters. The molecule has 1 nitrogen and oxygen atoms in total. The van der Waals surface area contributed by atoms with Crippen molar-refractivity contribution in [2.75, 3.05) is 0 Å². The molecule has 0 heterocycles. The maximum atomic E-state index is 14.1. The molecule has 1 aromatic carbocycles. The van der Waals surface area contributed by atoms with Crippen molar-refractivity contribution in [1.29, 1.82) is 0 Å². The molecule has 18 heavy (non-hydrogen) atoms. The Morgan fingerprint density at radius 1 is 1.28 bits per heavy atom. The lowest BCUT2D eigenvalue weighted by atomic mass is 9.85. The summed E-state index contributed by atoms with van der Waals surface area (Å²) in [5, 5.41) is 10.6. The molecular weight excluding hydrogens is 302 g/mol. The number of hydrogen-bond acceptors (Lipinski definition) is 1. The Kier molecular flexibility index (Phi) is 4.07. The van der Waals surface area contributed by atoms with Gasteiger partial charge in [-0.2, -0.15) is 0 Å². The van der Waals surface area contributed by atoms with E-state index in [9.17, 15) is 13.9 Å². The van der Waals surface area contributed by atoms with Crippen molar-refractivity contribution in [3.05, 3.63) is 33.8 Å². The monoisotopic (exact) mass is 318 g/mol. The first-order chi connectivity index (χ1) is 8.44. The van der Waals surface area contributed by atoms with Crippen LogP contribution in [-0.4, -0.2) is 5.11 Å². The van der Waals surface area contributed by atoms with Gasteiger partial charge in [0.05, 0.1) is 15.6 Å². The fourth-order valence-electron chi connectivity index (χ4n) is 2.70. The van der Waals surface area contributed by atoms with Crippen LogP contribution in [0.3, 0.4) is 0 Å². The van der Waals surface area contributed by atoms with Crippen LogP contribution in [0.1, 0.15) is 44.6 Å². The highest BCUT2D eigenvalue weighted by Crippen LogP contribution is 2.41. The normalized spacial score (nSPS) is 29.1. The maximum absolute atomic E-state index is 14.1. The lowest BCUT2D eigenvalue weighted by Crippen LogP contribution is -2.28. The molecular formula is C14H17BrF2O. The highest BCUT2D eigenvalue weighted by Gasteiger charge is 2.37. The topological polar surface area (TPSA) is 20.2 Å². The first-order valence-corrected chi connectivity index (χ1v) is 7.10. The number of aliphatic hydroxyl groups is 1. The van der Waals surface area contributed by atoms with Gasteiger partial charge in [-0.1, -0.05) is 13.3 Å². The summed E-state index contributed by atoms with van der Waals surface area (Å²) in [7, 11) is 0. The van der Waals surface area contributed by atoms with E-state index >= 15 is 0 Å². The molecule has 0 aromatic heterocycles. The Hall–Kier alpha value is -0.480. The van der Waals surface area contributed by atoms with Crippen LogP contribution in [0.5, 0.6) is 0 Å². The minimum Gasteiger partial charge on any atom is -0.385 e. The summed E-state index contributed by atoms with van der Waals surface area (Å²) < 4.78 is 28.1. The zero-order valence-electron chi connectivity index (χ0n) is 10.3. The summed E-state index contributed by atoms with van der Waals surface area (Å²) in [6, 6.07) is 2.53. The molecule has 0 saturated heterocycles. The molecule has 2 atom stereocenters. The quantitative estimate of drug-likeness (QED) is 0.596. The van der Waals surface area contributed by atoms with Gasteiger partial charge in [0.25, 0.3) is 0 Å². The Bertz CT molecular complexity index is 450. The Morgan fingerprint density at radius 2 is 2.00 bits per heavy atom. The predicted molar refractivity (Wildman–Crippen MR) is 70.2 cm³/mol. The second kappa shape index (κ2) is 5.25. The molecule has 0 spiro atoms. The van der Waals surface area contributed by atoms with Gasteiger partial charge in [0, 0.05) is 0 Å². The molecule has 100 valence electrons. The molecule has 1 aromatic rings. The third-order valence-corrected chi connectivity index (χ3v) is 4.46. The van der Waals surface area contributed by atoms with Gasteiger partial charge in [-0.15, -0.1) is 0 Å². The minimum absolute atomic E-state index is 0.175. The number of halogens is 3. The van der Waals surface area contributed by atoms with Gasteiger partial charge in [-0.05, 0) is 59.7 Å². The summed E-state index contributed by atoms with van der Waals surface area (Å²) >= 11 is 3.05. The van der Waals surface area contributed by atoms with Crippen molar-refractivity contribution in [2.45, 2.75) is 44.6 Å². The van der Waals surface area contributed by atoms with E-state index in [0.717, 1.165) is 19.3 Å². The summed E-state index contributed by atoms with van der Waals surface area (Å²) in [6.07, 6.45) is 3.42. The van der Waals surface area contributed by atoms with E-state index in [1.54, 1.807) is 0 Å². The van der Waals surface area contributed by atoms with Crippen LogP contribution in [0.4, 0.5) is 8.78 Å². The van der Waals surface area contributed by atoms with E-state index in [0.29, 0.717) is 18.8 Å². The van der Waals surface area contributed by atoms with E-state index in [1.165, 1.54) is 12.1 Å². The van der Waals surface area contributed by atoms with Crippen molar-refractivity contribution < 1.29 is 13.9 Å². The number of benzene rings is 1. The largest absolute Gasteiger partial charge is 0.385 e. The molecule has 1 saturated carbocycles. The Labute approximate surface area is 114 Å². The Balaban J connectivity index is 2.43. The first kappa shape index (κ1) is 13.9. The summed E-state index contributed by atoms with van der Waals surface area (Å²) in [5.41, 5.74) is -1.55. The van der Waals surface area contributed by atoms with Crippen LogP contribution in [0.25, 0.3) is 0 Å². The van der Waals surface area contributed by atoms with Crippen LogP contribution < -0.4 is 0 Å². The van der Waals surface area contributed by atoms with Crippen LogP contribution in [0, 0.1) is 17.6 Å². The van der Waals surface area contributed by atoms with E-state index in [2.05, 4.69) is 22.9 Å². The van der Waals surface area contributed by atoms with Gasteiger partial charge >= 0.3 is 0 Å². The minimum atomic E-state index is -1.37. The molecule has 1 aliphatic carbocycles. The van der Waals surface area contributed by atoms with Crippen molar-refractivity contribution in [2.24, 2.45) is 5.92 Å². The number of rotatable bonds is 1. The average molecular weight is 319 g/mol. The zero-order valence-corrected chi connectivity index (χ0v) is 11.9. The van der Waals surface area contributed by atoms with Gasteiger partial charge in [0.2, 0.25) is 0 Å². The van der Waals surface area contributed by atoms with E-state index in [1.807, 2.05) is 0 Å². The third kappa shape index (κ3) is 2.59. The fraction of sp³-hybridized carbons (Fsp3) is 0.571. The van der Waals surface area contributed by atoms with E-state index in [4.69, 9.17) is 0 Å². The molecule has 0 bridgehead atoms. The van der Waals surface area contributed by atoms with Gasteiger partial charge < -0.3 is 5.11 Å². The molecule has 2 rings (SSSR count). The van der Waals surface area contributed by atoms with E-state index < -0.39 is 17.2 Å². The maximum Gasteiger partial charge on any atom is 0.146 e. The van der Waals surface area contributed by atoms with Crippen molar-refractivity contribution in [1.82, 2.24) is 0 Å². The first-order valence-electron chi connectivity index (χ1n) is 6.30. The van der Waals surface area contributed by atoms with Crippen LogP contribution in [-0.2, 0) is 5.60 Å². The molecule has 0 amide bonds. The van der Waals surface area contributed by atoms with Crippen LogP contribution in [0.15, 0.2) is 16.6 Å². The van der Waals surface area contributed by atoms with Crippen LogP contribution >= 0.6 is 15.9 Å². The molecule has 0 aliphatic heterocycles. The molecule has 1 aliphatic rings. The Morgan fingerprint density at radius 3 is 2.72 bits per heavy atom. The highest BCUT2D eigenvalue weighted by molar-refractivity contribution is 9.10. The van der Waals surface area contributed by atoms with Crippen molar-refractivity contribution in [3.8, 4) is 0 Å². The predicted octanol–water partition coefficient (Wildman–Crippen LogP) is 4.52. The zero-order chi connectivity index (χ0) is 13.3. The third-order valence-electron chi connectivity index (χ3n) is 3.85. The van der Waals surface area contributed by atoms with Gasteiger partial charge in [0.15, 0.2) is 0 Å². The average Bonchev–Trinajstić information content (AvgIpc) is 2.48. The summed E-state index contributed by atoms with van der Waals surface area (Å²) in [6.45, 7) is 2.11. The molecule has 0 radical (unpaired) electrons. The second-order valence-electron chi connectivity index (χ2n) is 5.29. The van der Waals surface area contributed by atoms with Gasteiger partial charge in [-0.3, -0.25) is 0 Å². The summed E-state index contributed by atoms with van der Waals surface area (Å²) in [5.74, 6) is -0.836. The summed E-state index contributed by atoms with van der Waals surface area (Å²) in [4.78, 5) is 0.